The van der Waals surface area contributed by atoms with Gasteiger partial charge in [-0.25, -0.2) is 13.6 Å². The first-order valence-corrected chi connectivity index (χ1v) is 6.23. The fourth-order valence-corrected chi connectivity index (χ4v) is 2.43. The smallest absolute Gasteiger partial charge is 0.341 e. The van der Waals surface area contributed by atoms with Gasteiger partial charge in [-0.1, -0.05) is 0 Å². The second kappa shape index (κ2) is 4.54. The van der Waals surface area contributed by atoms with Crippen molar-refractivity contribution in [2.75, 3.05) is 7.11 Å². The maximum absolute atomic E-state index is 13.6. The third kappa shape index (κ3) is 2.05. The highest BCUT2D eigenvalue weighted by atomic mass is 19.1. The van der Waals surface area contributed by atoms with Crippen molar-refractivity contribution in [1.82, 2.24) is 4.57 Å². The van der Waals surface area contributed by atoms with Crippen LogP contribution in [0.15, 0.2) is 23.1 Å². The van der Waals surface area contributed by atoms with Gasteiger partial charge in [-0.2, -0.15) is 0 Å². The number of aromatic nitrogens is 1. The number of methoxy groups -OCH3 is 1. The minimum atomic E-state index is -1.44. The summed E-state index contributed by atoms with van der Waals surface area (Å²) in [4.78, 5) is 23.3. The molecule has 3 rings (SSSR count). The number of aromatic carboxylic acids is 1. The number of nitrogens with zero attached hydrogens (tertiary/aromatic N) is 1. The number of halogens is 2. The van der Waals surface area contributed by atoms with E-state index in [1.54, 1.807) is 0 Å². The zero-order valence-electron chi connectivity index (χ0n) is 11.0. The van der Waals surface area contributed by atoms with E-state index in [0.29, 0.717) is 0 Å². The van der Waals surface area contributed by atoms with Crippen LogP contribution in [0.3, 0.4) is 0 Å². The highest BCUT2D eigenvalue weighted by molar-refractivity contribution is 5.94. The van der Waals surface area contributed by atoms with Gasteiger partial charge in [-0.3, -0.25) is 4.79 Å². The first kappa shape index (κ1) is 13.5. The number of carboxylic acids is 1. The lowest BCUT2D eigenvalue weighted by molar-refractivity contribution is 0.0694. The summed E-state index contributed by atoms with van der Waals surface area (Å²) in [6, 6.07) is 1.46. The van der Waals surface area contributed by atoms with Gasteiger partial charge in [0.25, 0.3) is 0 Å². The monoisotopic (exact) mass is 295 g/mol. The average molecular weight is 295 g/mol. The number of benzene rings is 1. The lowest BCUT2D eigenvalue weighted by atomic mass is 10.1. The number of hydrogen-bond acceptors (Lipinski definition) is 3. The van der Waals surface area contributed by atoms with Crippen LogP contribution in [0.4, 0.5) is 8.78 Å². The van der Waals surface area contributed by atoms with Crippen molar-refractivity contribution >= 4 is 16.9 Å². The lowest BCUT2D eigenvalue weighted by Gasteiger charge is -2.14. The molecule has 0 spiro atoms. The van der Waals surface area contributed by atoms with Crippen LogP contribution < -0.4 is 10.2 Å². The number of pyridine rings is 1. The Bertz CT molecular complexity index is 815. The SMILES string of the molecule is COc1cc(F)cc2c(=O)c(C(=O)O)cn([C@@H]3C[C@@H]3F)c12. The molecule has 0 saturated heterocycles. The maximum Gasteiger partial charge on any atom is 0.341 e. The van der Waals surface area contributed by atoms with Crippen molar-refractivity contribution < 1.29 is 23.4 Å². The summed E-state index contributed by atoms with van der Waals surface area (Å²) in [5.41, 5.74) is -1.13. The van der Waals surface area contributed by atoms with E-state index in [1.807, 2.05) is 0 Å². The highest BCUT2D eigenvalue weighted by Crippen LogP contribution is 2.42. The molecule has 1 aliphatic rings. The zero-order valence-corrected chi connectivity index (χ0v) is 11.0. The number of rotatable bonds is 3. The number of ether oxygens (including phenoxy) is 1. The Morgan fingerprint density at radius 2 is 2.14 bits per heavy atom. The van der Waals surface area contributed by atoms with Crippen molar-refractivity contribution in [3.05, 3.63) is 39.9 Å². The maximum atomic E-state index is 13.6. The molecule has 2 aromatic rings. The fraction of sp³-hybridized carbons (Fsp3) is 0.286. The van der Waals surface area contributed by atoms with Crippen molar-refractivity contribution in [2.24, 2.45) is 0 Å². The van der Waals surface area contributed by atoms with E-state index < -0.39 is 35.0 Å². The van der Waals surface area contributed by atoms with E-state index >= 15 is 0 Å². The van der Waals surface area contributed by atoms with Crippen LogP contribution in [0.1, 0.15) is 22.8 Å². The molecule has 5 nitrogen and oxygen atoms in total. The van der Waals surface area contributed by atoms with Gasteiger partial charge in [0.1, 0.15) is 23.3 Å². The average Bonchev–Trinajstić information content (AvgIpc) is 3.15. The molecule has 1 aromatic heterocycles. The number of carboxylic acid groups (broad SMARTS) is 1. The molecule has 110 valence electrons. The topological polar surface area (TPSA) is 68.5 Å². The van der Waals surface area contributed by atoms with Crippen LogP contribution in [0, 0.1) is 5.82 Å². The van der Waals surface area contributed by atoms with Crippen molar-refractivity contribution in [3.8, 4) is 5.75 Å². The number of alkyl halides is 1. The Labute approximate surface area is 117 Å². The Morgan fingerprint density at radius 3 is 2.67 bits per heavy atom. The largest absolute Gasteiger partial charge is 0.494 e. The van der Waals surface area contributed by atoms with Crippen LogP contribution in [0.2, 0.25) is 0 Å². The number of fused-ring (bicyclic) bond motifs is 1. The van der Waals surface area contributed by atoms with Gasteiger partial charge in [0.05, 0.1) is 24.1 Å². The summed E-state index contributed by atoms with van der Waals surface area (Å²) in [6.07, 6.45) is 0.196. The van der Waals surface area contributed by atoms with E-state index in [1.165, 1.54) is 11.7 Å². The van der Waals surface area contributed by atoms with Crippen LogP contribution in [0.5, 0.6) is 5.75 Å². The van der Waals surface area contributed by atoms with Gasteiger partial charge >= 0.3 is 5.97 Å². The molecule has 0 bridgehead atoms. The Kier molecular flexibility index (Phi) is 2.93. The molecule has 0 aliphatic heterocycles. The minimum Gasteiger partial charge on any atom is -0.494 e. The number of carbonyl (C=O) groups is 1. The molecule has 0 radical (unpaired) electrons. The lowest BCUT2D eigenvalue weighted by Crippen LogP contribution is -2.19. The molecule has 7 heteroatoms. The predicted molar refractivity (Wildman–Crippen MR) is 70.2 cm³/mol. The molecule has 2 atom stereocenters. The second-order valence-electron chi connectivity index (χ2n) is 4.91. The molecule has 21 heavy (non-hydrogen) atoms. The third-order valence-corrected chi connectivity index (χ3v) is 3.54. The Hall–Kier alpha value is -2.44. The molecule has 1 N–H and O–H groups in total. The van der Waals surface area contributed by atoms with Crippen LogP contribution in [0.25, 0.3) is 10.9 Å². The van der Waals surface area contributed by atoms with Gasteiger partial charge in [0, 0.05) is 18.7 Å². The molecule has 1 heterocycles. The van der Waals surface area contributed by atoms with Crippen LogP contribution in [-0.4, -0.2) is 28.9 Å². The second-order valence-corrected chi connectivity index (χ2v) is 4.91. The van der Waals surface area contributed by atoms with Gasteiger partial charge in [0.2, 0.25) is 5.43 Å². The van der Waals surface area contributed by atoms with E-state index in [4.69, 9.17) is 9.84 Å². The van der Waals surface area contributed by atoms with E-state index in [0.717, 1.165) is 18.3 Å². The van der Waals surface area contributed by atoms with Crippen molar-refractivity contribution in [2.45, 2.75) is 18.6 Å². The minimum absolute atomic E-state index is 0.0677. The summed E-state index contributed by atoms with van der Waals surface area (Å²) in [7, 11) is 1.30. The summed E-state index contributed by atoms with van der Waals surface area (Å²) >= 11 is 0. The third-order valence-electron chi connectivity index (χ3n) is 3.54. The van der Waals surface area contributed by atoms with E-state index in [9.17, 15) is 18.4 Å². The summed E-state index contributed by atoms with van der Waals surface area (Å²) in [5, 5.41) is 8.95. The molecule has 1 saturated carbocycles. The first-order valence-electron chi connectivity index (χ1n) is 6.23. The standard InChI is InChI=1S/C14H11F2NO4/c1-21-11-3-6(15)2-7-12(11)17(10-4-9(10)16)5-8(13(7)18)14(19)20/h2-3,5,9-10H,4H2,1H3,(H,19,20)/t9-,10+/m0/s1. The normalized spacial score (nSPS) is 20.5. The van der Waals surface area contributed by atoms with Crippen LogP contribution in [-0.2, 0) is 0 Å². The quantitative estimate of drug-likeness (QED) is 0.942. The van der Waals surface area contributed by atoms with Crippen LogP contribution >= 0.6 is 0 Å². The summed E-state index contributed by atoms with van der Waals surface area (Å²) < 4.78 is 33.3. The fourth-order valence-electron chi connectivity index (χ4n) is 2.43. The highest BCUT2D eigenvalue weighted by Gasteiger charge is 2.40. The Morgan fingerprint density at radius 1 is 1.48 bits per heavy atom. The van der Waals surface area contributed by atoms with Gasteiger partial charge in [-0.05, 0) is 6.07 Å². The summed E-state index contributed by atoms with van der Waals surface area (Å²) in [6.45, 7) is 0. The van der Waals surface area contributed by atoms with Gasteiger partial charge in [0.15, 0.2) is 0 Å². The van der Waals surface area contributed by atoms with Crippen molar-refractivity contribution in [3.63, 3.8) is 0 Å². The molecule has 0 unspecified atom stereocenters. The van der Waals surface area contributed by atoms with E-state index in [-0.39, 0.29) is 23.1 Å². The molecule has 1 fully saturated rings. The molecule has 0 amide bonds. The van der Waals surface area contributed by atoms with Crippen molar-refractivity contribution in [1.29, 1.82) is 0 Å². The molecular weight excluding hydrogens is 284 g/mol. The van der Waals surface area contributed by atoms with E-state index in [2.05, 4.69) is 0 Å². The van der Waals surface area contributed by atoms with Gasteiger partial charge in [-0.15, -0.1) is 0 Å². The first-order chi connectivity index (χ1) is 9.93. The Balaban J connectivity index is 2.45. The molecule has 1 aliphatic carbocycles. The number of hydrogen-bond donors (Lipinski definition) is 1. The molecular formula is C14H11F2NO4. The van der Waals surface area contributed by atoms with Gasteiger partial charge < -0.3 is 14.4 Å². The predicted octanol–water partition coefficient (Wildman–Crippen LogP) is 2.13. The molecule has 1 aromatic carbocycles. The summed E-state index contributed by atoms with van der Waals surface area (Å²) in [5.74, 6) is -2.09. The zero-order chi connectivity index (χ0) is 15.3.